The summed E-state index contributed by atoms with van der Waals surface area (Å²) in [6, 6.07) is 9.33. The second kappa shape index (κ2) is 5.84. The molecule has 0 amide bonds. The zero-order chi connectivity index (χ0) is 14.0. The van der Waals surface area contributed by atoms with E-state index in [1.807, 2.05) is 6.92 Å². The minimum absolute atomic E-state index is 0.475. The van der Waals surface area contributed by atoms with Gasteiger partial charge >= 0.3 is 0 Å². The second-order valence-electron chi connectivity index (χ2n) is 6.57. The first-order valence-electron chi connectivity index (χ1n) is 7.91. The molecule has 1 aromatic rings. The number of hydrogen-bond acceptors (Lipinski definition) is 3. The van der Waals surface area contributed by atoms with Crippen LogP contribution in [0.25, 0.3) is 0 Å². The molecule has 0 aromatic heterocycles. The molecular weight excluding hydrogens is 248 g/mol. The number of nitrogens with one attached hydrogen (secondary N) is 1. The first-order valence-corrected chi connectivity index (χ1v) is 7.91. The van der Waals surface area contributed by atoms with E-state index in [9.17, 15) is 5.11 Å². The third-order valence-electron chi connectivity index (χ3n) is 4.86. The van der Waals surface area contributed by atoms with Crippen molar-refractivity contribution in [1.82, 2.24) is 10.2 Å². The van der Waals surface area contributed by atoms with Gasteiger partial charge < -0.3 is 10.4 Å². The molecule has 0 radical (unpaired) electrons. The molecule has 0 aliphatic carbocycles. The maximum absolute atomic E-state index is 10.3. The van der Waals surface area contributed by atoms with Crippen molar-refractivity contribution in [1.29, 1.82) is 0 Å². The Hall–Kier alpha value is -0.900. The minimum Gasteiger partial charge on any atom is -0.390 e. The molecule has 20 heavy (non-hydrogen) atoms. The van der Waals surface area contributed by atoms with Crippen LogP contribution in [0.2, 0.25) is 0 Å². The van der Waals surface area contributed by atoms with Gasteiger partial charge in [0.25, 0.3) is 0 Å². The zero-order valence-corrected chi connectivity index (χ0v) is 12.4. The number of fused-ring (bicyclic) bond motifs is 1. The van der Waals surface area contributed by atoms with E-state index in [1.165, 1.54) is 17.5 Å². The molecular formula is C17H26N2O. The summed E-state index contributed by atoms with van der Waals surface area (Å²) in [5, 5.41) is 13.8. The lowest BCUT2D eigenvalue weighted by molar-refractivity contribution is 0.0428. The third kappa shape index (κ3) is 3.05. The largest absolute Gasteiger partial charge is 0.390 e. The van der Waals surface area contributed by atoms with Gasteiger partial charge in [0, 0.05) is 19.1 Å². The van der Waals surface area contributed by atoms with Crippen molar-refractivity contribution in [2.75, 3.05) is 19.6 Å². The molecule has 2 aliphatic heterocycles. The van der Waals surface area contributed by atoms with Crippen LogP contribution in [-0.4, -0.2) is 35.2 Å². The number of hydrogen-bond donors (Lipinski definition) is 2. The van der Waals surface area contributed by atoms with Crippen LogP contribution in [0, 0.1) is 0 Å². The first kappa shape index (κ1) is 14.1. The van der Waals surface area contributed by atoms with Gasteiger partial charge in [-0.2, -0.15) is 0 Å². The van der Waals surface area contributed by atoms with Gasteiger partial charge in [-0.3, -0.25) is 4.90 Å². The Kier molecular flexibility index (Phi) is 4.11. The summed E-state index contributed by atoms with van der Waals surface area (Å²) in [5.74, 6) is 0. The quantitative estimate of drug-likeness (QED) is 0.826. The molecule has 2 N–H and O–H groups in total. The molecule has 1 saturated heterocycles. The highest BCUT2D eigenvalue weighted by Gasteiger charge is 2.30. The third-order valence-corrected chi connectivity index (χ3v) is 4.86. The lowest BCUT2D eigenvalue weighted by Crippen LogP contribution is -2.32. The summed E-state index contributed by atoms with van der Waals surface area (Å²) < 4.78 is 0. The van der Waals surface area contributed by atoms with E-state index < -0.39 is 5.60 Å². The molecule has 2 heterocycles. The van der Waals surface area contributed by atoms with Gasteiger partial charge in [-0.05, 0) is 56.8 Å². The Morgan fingerprint density at radius 2 is 2.10 bits per heavy atom. The van der Waals surface area contributed by atoms with Gasteiger partial charge in [-0.1, -0.05) is 24.3 Å². The Bertz CT molecular complexity index is 458. The van der Waals surface area contributed by atoms with E-state index in [1.54, 1.807) is 0 Å². The van der Waals surface area contributed by atoms with E-state index >= 15 is 0 Å². The average molecular weight is 274 g/mol. The standard InChI is InChI=1S/C17H26N2O/c1-17(20)8-4-11-19(12-9-17)16-7-10-18-13-14-5-2-3-6-15(14)16/h2-3,5-6,16,18,20H,4,7-13H2,1H3. The van der Waals surface area contributed by atoms with Gasteiger partial charge in [0.1, 0.15) is 0 Å². The van der Waals surface area contributed by atoms with Crippen molar-refractivity contribution in [3.8, 4) is 0 Å². The van der Waals surface area contributed by atoms with Crippen LogP contribution >= 0.6 is 0 Å². The van der Waals surface area contributed by atoms with Gasteiger partial charge in [-0.25, -0.2) is 0 Å². The fraction of sp³-hybridized carbons (Fsp3) is 0.647. The Morgan fingerprint density at radius 3 is 3.00 bits per heavy atom. The van der Waals surface area contributed by atoms with Crippen LogP contribution in [0.15, 0.2) is 24.3 Å². The molecule has 1 aromatic carbocycles. The maximum atomic E-state index is 10.3. The molecule has 3 rings (SSSR count). The number of aliphatic hydroxyl groups is 1. The fourth-order valence-electron chi connectivity index (χ4n) is 3.61. The summed E-state index contributed by atoms with van der Waals surface area (Å²) in [7, 11) is 0. The van der Waals surface area contributed by atoms with Crippen LogP contribution in [-0.2, 0) is 6.54 Å². The second-order valence-corrected chi connectivity index (χ2v) is 6.57. The molecule has 2 aliphatic rings. The fourth-order valence-corrected chi connectivity index (χ4v) is 3.61. The summed E-state index contributed by atoms with van der Waals surface area (Å²) in [6.45, 7) is 6.16. The van der Waals surface area contributed by atoms with Crippen molar-refractivity contribution in [2.24, 2.45) is 0 Å². The van der Waals surface area contributed by atoms with Crippen molar-refractivity contribution in [3.05, 3.63) is 35.4 Å². The Morgan fingerprint density at radius 1 is 1.25 bits per heavy atom. The highest BCUT2D eigenvalue weighted by Crippen LogP contribution is 2.32. The van der Waals surface area contributed by atoms with E-state index in [2.05, 4.69) is 34.5 Å². The van der Waals surface area contributed by atoms with Crippen LogP contribution in [0.5, 0.6) is 0 Å². The van der Waals surface area contributed by atoms with E-state index in [4.69, 9.17) is 0 Å². The zero-order valence-electron chi connectivity index (χ0n) is 12.4. The van der Waals surface area contributed by atoms with Gasteiger partial charge in [0.05, 0.1) is 5.60 Å². The maximum Gasteiger partial charge on any atom is 0.0632 e. The van der Waals surface area contributed by atoms with E-state index in [0.29, 0.717) is 6.04 Å². The number of rotatable bonds is 1. The van der Waals surface area contributed by atoms with Crippen molar-refractivity contribution in [2.45, 2.75) is 50.8 Å². The van der Waals surface area contributed by atoms with Crippen molar-refractivity contribution in [3.63, 3.8) is 0 Å². The van der Waals surface area contributed by atoms with E-state index in [-0.39, 0.29) is 0 Å². The molecule has 0 spiro atoms. The summed E-state index contributed by atoms with van der Waals surface area (Å²) >= 11 is 0. The lowest BCUT2D eigenvalue weighted by Gasteiger charge is -2.31. The molecule has 1 fully saturated rings. The van der Waals surface area contributed by atoms with Crippen LogP contribution in [0.3, 0.4) is 0 Å². The number of nitrogens with zero attached hydrogens (tertiary/aromatic N) is 1. The summed E-state index contributed by atoms with van der Waals surface area (Å²) in [6.07, 6.45) is 4.08. The number of benzene rings is 1. The SMILES string of the molecule is CC1(O)CCCN(C2CCNCc3ccccc32)CC1. The highest BCUT2D eigenvalue weighted by molar-refractivity contribution is 5.31. The van der Waals surface area contributed by atoms with Gasteiger partial charge in [-0.15, -0.1) is 0 Å². The molecule has 0 bridgehead atoms. The van der Waals surface area contributed by atoms with Crippen LogP contribution < -0.4 is 5.32 Å². The van der Waals surface area contributed by atoms with Crippen LogP contribution in [0.4, 0.5) is 0 Å². The molecule has 2 atom stereocenters. The monoisotopic (exact) mass is 274 g/mol. The molecule has 3 nitrogen and oxygen atoms in total. The number of likely N-dealkylation sites (tertiary alicyclic amines) is 1. The first-order chi connectivity index (χ1) is 9.66. The van der Waals surface area contributed by atoms with Crippen molar-refractivity contribution >= 4 is 0 Å². The predicted octanol–water partition coefficient (Wildman–Crippen LogP) is 2.46. The summed E-state index contributed by atoms with van der Waals surface area (Å²) in [4.78, 5) is 2.59. The molecule has 110 valence electrons. The smallest absolute Gasteiger partial charge is 0.0632 e. The molecule has 0 saturated carbocycles. The Labute approximate surface area is 122 Å². The Balaban J connectivity index is 1.82. The molecule has 2 unspecified atom stereocenters. The van der Waals surface area contributed by atoms with Crippen molar-refractivity contribution < 1.29 is 5.11 Å². The minimum atomic E-state index is -0.475. The average Bonchev–Trinajstić information content (AvgIpc) is 2.74. The predicted molar refractivity (Wildman–Crippen MR) is 81.6 cm³/mol. The normalized spacial score (nSPS) is 32.2. The van der Waals surface area contributed by atoms with Gasteiger partial charge in [0.15, 0.2) is 0 Å². The van der Waals surface area contributed by atoms with Gasteiger partial charge in [0.2, 0.25) is 0 Å². The lowest BCUT2D eigenvalue weighted by atomic mass is 9.97. The van der Waals surface area contributed by atoms with E-state index in [0.717, 1.165) is 45.4 Å². The van der Waals surface area contributed by atoms with Crippen LogP contribution in [0.1, 0.15) is 49.8 Å². The topological polar surface area (TPSA) is 35.5 Å². The summed E-state index contributed by atoms with van der Waals surface area (Å²) in [5.41, 5.74) is 2.45. The highest BCUT2D eigenvalue weighted by atomic mass is 16.3. The molecule has 3 heteroatoms.